The number of aromatic amines is 1. The lowest BCUT2D eigenvalue weighted by molar-refractivity contribution is 0.0224. The Balaban J connectivity index is 1.77. The van der Waals surface area contributed by atoms with Crippen LogP contribution in [0.1, 0.15) is 61.2 Å². The molecule has 0 saturated heterocycles. The van der Waals surface area contributed by atoms with Crippen LogP contribution in [-0.4, -0.2) is 41.0 Å². The number of H-pyrrole nitrogens is 1. The lowest BCUT2D eigenvalue weighted by atomic mass is 9.53. The second-order valence-corrected chi connectivity index (χ2v) is 9.66. The molecule has 0 unspecified atom stereocenters. The van der Waals surface area contributed by atoms with Crippen LogP contribution in [0.5, 0.6) is 5.75 Å². The molecule has 0 aliphatic heterocycles. The van der Waals surface area contributed by atoms with E-state index >= 15 is 0 Å². The Labute approximate surface area is 184 Å². The molecule has 1 aliphatic rings. The number of aromatic nitrogens is 2. The predicted octanol–water partition coefficient (Wildman–Crippen LogP) is 5.27. The first-order valence-electron chi connectivity index (χ1n) is 11.0. The number of imidazole rings is 1. The summed E-state index contributed by atoms with van der Waals surface area (Å²) in [7, 11) is 3.68. The number of fused-ring (bicyclic) bond motifs is 2. The van der Waals surface area contributed by atoms with E-state index in [0.29, 0.717) is 5.56 Å². The van der Waals surface area contributed by atoms with Gasteiger partial charge < -0.3 is 14.6 Å². The molecule has 0 spiro atoms. The summed E-state index contributed by atoms with van der Waals surface area (Å²) in [6, 6.07) is 10.2. The van der Waals surface area contributed by atoms with Gasteiger partial charge in [0.15, 0.2) is 0 Å². The molecule has 31 heavy (non-hydrogen) atoms. The summed E-state index contributed by atoms with van der Waals surface area (Å²) in [6.07, 6.45) is 3.47. The van der Waals surface area contributed by atoms with Gasteiger partial charge >= 0.3 is 0 Å². The van der Waals surface area contributed by atoms with Crippen molar-refractivity contribution in [3.63, 3.8) is 0 Å². The van der Waals surface area contributed by atoms with Crippen LogP contribution in [0.4, 0.5) is 0 Å². The van der Waals surface area contributed by atoms with Gasteiger partial charge in [-0.25, -0.2) is 4.98 Å². The molecule has 1 N–H and O–H groups in total. The molecular weight excluding hydrogens is 386 g/mol. The Hall–Kier alpha value is -2.82. The molecule has 1 amide bonds. The molecule has 2 atom stereocenters. The highest BCUT2D eigenvalue weighted by atomic mass is 16.5. The van der Waals surface area contributed by atoms with Gasteiger partial charge in [0.05, 0.1) is 24.5 Å². The molecular formula is C26H33N3O2. The molecule has 0 radical (unpaired) electrons. The molecule has 3 aromatic rings. The van der Waals surface area contributed by atoms with Gasteiger partial charge in [-0.1, -0.05) is 33.8 Å². The number of likely N-dealkylation sites (N-methyl/N-ethyl adjacent to an activating group) is 1. The lowest BCUT2D eigenvalue weighted by Crippen LogP contribution is -2.58. The highest BCUT2D eigenvalue weighted by Crippen LogP contribution is 2.54. The summed E-state index contributed by atoms with van der Waals surface area (Å²) in [4.78, 5) is 22.9. The Morgan fingerprint density at radius 1 is 1.26 bits per heavy atom. The van der Waals surface area contributed by atoms with Crippen LogP contribution in [0.3, 0.4) is 0 Å². The van der Waals surface area contributed by atoms with E-state index in [1.54, 1.807) is 13.4 Å². The molecule has 1 aliphatic carbocycles. The number of hydrogen-bond acceptors (Lipinski definition) is 3. The molecule has 0 saturated carbocycles. The SMILES string of the molecule is CC[C@@]1(C)c2cc(OC)c(C)cc2C[C@@H](N(C)C(=O)c2ccc3nc[nH]c3c2)C1(C)C. The zero-order chi connectivity index (χ0) is 22.6. The summed E-state index contributed by atoms with van der Waals surface area (Å²) in [5.41, 5.74) is 6.02. The first-order valence-corrected chi connectivity index (χ1v) is 11.0. The Morgan fingerprint density at radius 3 is 2.68 bits per heavy atom. The van der Waals surface area contributed by atoms with E-state index in [1.165, 1.54) is 11.1 Å². The number of ether oxygens (including phenoxy) is 1. The topological polar surface area (TPSA) is 58.2 Å². The molecule has 2 aromatic carbocycles. The van der Waals surface area contributed by atoms with E-state index in [-0.39, 0.29) is 22.8 Å². The van der Waals surface area contributed by atoms with Crippen LogP contribution in [0.15, 0.2) is 36.7 Å². The van der Waals surface area contributed by atoms with E-state index in [9.17, 15) is 4.79 Å². The number of amides is 1. The first-order chi connectivity index (χ1) is 14.6. The Kier molecular flexibility index (Phi) is 5.11. The number of carbonyl (C=O) groups excluding carboxylic acids is 1. The summed E-state index contributed by atoms with van der Waals surface area (Å²) < 4.78 is 5.64. The summed E-state index contributed by atoms with van der Waals surface area (Å²) in [5.74, 6) is 0.978. The van der Waals surface area contributed by atoms with Crippen molar-refractivity contribution in [3.8, 4) is 5.75 Å². The van der Waals surface area contributed by atoms with Gasteiger partial charge in [-0.05, 0) is 71.6 Å². The van der Waals surface area contributed by atoms with Crippen LogP contribution in [0.25, 0.3) is 11.0 Å². The van der Waals surface area contributed by atoms with E-state index in [1.807, 2.05) is 30.1 Å². The number of benzene rings is 2. The van der Waals surface area contributed by atoms with Crippen molar-refractivity contribution >= 4 is 16.9 Å². The van der Waals surface area contributed by atoms with Crippen LogP contribution in [0.2, 0.25) is 0 Å². The minimum absolute atomic E-state index is 0.0433. The van der Waals surface area contributed by atoms with E-state index in [0.717, 1.165) is 35.2 Å². The fourth-order valence-electron chi connectivity index (χ4n) is 5.51. The van der Waals surface area contributed by atoms with E-state index in [4.69, 9.17) is 4.74 Å². The van der Waals surface area contributed by atoms with Crippen molar-refractivity contribution in [1.82, 2.24) is 14.9 Å². The predicted molar refractivity (Wildman–Crippen MR) is 125 cm³/mol. The summed E-state index contributed by atoms with van der Waals surface area (Å²) in [6.45, 7) is 11.3. The molecule has 0 bridgehead atoms. The van der Waals surface area contributed by atoms with Crippen molar-refractivity contribution in [1.29, 1.82) is 0 Å². The second-order valence-electron chi connectivity index (χ2n) is 9.66. The quantitative estimate of drug-likeness (QED) is 0.627. The van der Waals surface area contributed by atoms with Gasteiger partial charge in [0.25, 0.3) is 5.91 Å². The molecule has 0 fully saturated rings. The van der Waals surface area contributed by atoms with Gasteiger partial charge in [0.1, 0.15) is 5.75 Å². The number of rotatable bonds is 4. The molecule has 1 aromatic heterocycles. The van der Waals surface area contributed by atoms with Gasteiger partial charge in [-0.3, -0.25) is 4.79 Å². The average molecular weight is 420 g/mol. The van der Waals surface area contributed by atoms with E-state index in [2.05, 4.69) is 56.7 Å². The lowest BCUT2D eigenvalue weighted by Gasteiger charge is -2.56. The van der Waals surface area contributed by atoms with Gasteiger partial charge in [-0.15, -0.1) is 0 Å². The molecule has 5 nitrogen and oxygen atoms in total. The minimum atomic E-state index is -0.127. The highest BCUT2D eigenvalue weighted by molar-refractivity contribution is 5.97. The smallest absolute Gasteiger partial charge is 0.253 e. The average Bonchev–Trinajstić information content (AvgIpc) is 3.22. The normalized spacial score (nSPS) is 22.2. The van der Waals surface area contributed by atoms with Crippen LogP contribution in [-0.2, 0) is 11.8 Å². The number of aryl methyl sites for hydroxylation is 1. The van der Waals surface area contributed by atoms with Crippen molar-refractivity contribution in [3.05, 3.63) is 58.9 Å². The standard InChI is InChI=1S/C26H33N3O2/c1-8-26(5)19-14-22(31-7)16(2)11-18(19)13-23(25(26,3)4)29(6)24(30)17-9-10-20-21(12-17)28-15-27-20/h9-12,14-15,23H,8,13H2,1-7H3,(H,27,28)/t23-,26+/m1/s1. The maximum absolute atomic E-state index is 13.5. The third kappa shape index (κ3) is 3.13. The monoisotopic (exact) mass is 419 g/mol. The van der Waals surface area contributed by atoms with Crippen molar-refractivity contribution < 1.29 is 9.53 Å². The molecule has 4 rings (SSSR count). The highest BCUT2D eigenvalue weighted by Gasteiger charge is 2.52. The number of nitrogens with zero attached hydrogens (tertiary/aromatic N) is 2. The number of methoxy groups -OCH3 is 1. The number of hydrogen-bond donors (Lipinski definition) is 1. The third-order valence-electron chi connectivity index (χ3n) is 8.05. The molecule has 1 heterocycles. The van der Waals surface area contributed by atoms with Gasteiger partial charge in [0.2, 0.25) is 0 Å². The minimum Gasteiger partial charge on any atom is -0.496 e. The zero-order valence-electron chi connectivity index (χ0n) is 19.7. The van der Waals surface area contributed by atoms with E-state index < -0.39 is 0 Å². The maximum atomic E-state index is 13.5. The first kappa shape index (κ1) is 21.4. The fraction of sp³-hybridized carbons (Fsp3) is 0.462. The van der Waals surface area contributed by atoms with Crippen LogP contribution in [0, 0.1) is 12.3 Å². The second kappa shape index (κ2) is 7.40. The van der Waals surface area contributed by atoms with Crippen LogP contribution < -0.4 is 4.74 Å². The Bertz CT molecular complexity index is 1150. The van der Waals surface area contributed by atoms with Crippen molar-refractivity contribution in [2.45, 2.75) is 58.9 Å². The van der Waals surface area contributed by atoms with Gasteiger partial charge in [-0.2, -0.15) is 0 Å². The maximum Gasteiger partial charge on any atom is 0.253 e. The molecule has 5 heteroatoms. The number of carbonyl (C=O) groups is 1. The van der Waals surface area contributed by atoms with Crippen molar-refractivity contribution in [2.75, 3.05) is 14.2 Å². The summed E-state index contributed by atoms with van der Waals surface area (Å²) >= 11 is 0. The van der Waals surface area contributed by atoms with Gasteiger partial charge in [0, 0.05) is 18.7 Å². The zero-order valence-corrected chi connectivity index (χ0v) is 19.7. The Morgan fingerprint density at radius 2 is 2.00 bits per heavy atom. The third-order valence-corrected chi connectivity index (χ3v) is 8.05. The molecule has 164 valence electrons. The summed E-state index contributed by atoms with van der Waals surface area (Å²) in [5, 5.41) is 0. The fourth-order valence-corrected chi connectivity index (χ4v) is 5.51. The number of nitrogens with one attached hydrogen (secondary N) is 1. The van der Waals surface area contributed by atoms with Crippen LogP contribution >= 0.6 is 0 Å². The van der Waals surface area contributed by atoms with Crippen molar-refractivity contribution in [2.24, 2.45) is 5.41 Å². The largest absolute Gasteiger partial charge is 0.496 e.